The van der Waals surface area contributed by atoms with Crippen LogP contribution in [0.5, 0.6) is 5.75 Å². The first-order valence-electron chi connectivity index (χ1n) is 7.26. The maximum absolute atomic E-state index is 10.5. The second-order valence-corrected chi connectivity index (χ2v) is 6.67. The number of rotatable bonds is 3. The SMILES string of the molecule is Cc1ccc(CC(O)C2CSc3ccccc3O2)cc1C. The van der Waals surface area contributed by atoms with Gasteiger partial charge in [-0.2, -0.15) is 0 Å². The van der Waals surface area contributed by atoms with Gasteiger partial charge in [-0.05, 0) is 42.7 Å². The van der Waals surface area contributed by atoms with Crippen LogP contribution in [0.1, 0.15) is 16.7 Å². The molecule has 0 aromatic heterocycles. The largest absolute Gasteiger partial charge is 0.486 e. The van der Waals surface area contributed by atoms with E-state index in [0.717, 1.165) is 22.0 Å². The van der Waals surface area contributed by atoms with Crippen molar-refractivity contribution < 1.29 is 9.84 Å². The van der Waals surface area contributed by atoms with E-state index in [0.29, 0.717) is 6.42 Å². The second-order valence-electron chi connectivity index (χ2n) is 5.60. The maximum atomic E-state index is 10.5. The number of thioether (sulfide) groups is 1. The molecule has 0 spiro atoms. The van der Waals surface area contributed by atoms with Gasteiger partial charge >= 0.3 is 0 Å². The third-order valence-electron chi connectivity index (χ3n) is 3.98. The number of aliphatic hydroxyl groups excluding tert-OH is 1. The Morgan fingerprint density at radius 3 is 2.81 bits per heavy atom. The predicted octanol–water partition coefficient (Wildman–Crippen LogP) is 3.76. The van der Waals surface area contributed by atoms with Crippen molar-refractivity contribution in [3.05, 3.63) is 59.2 Å². The minimum atomic E-state index is -0.479. The molecule has 110 valence electrons. The summed E-state index contributed by atoms with van der Waals surface area (Å²) in [7, 11) is 0. The Balaban J connectivity index is 1.69. The summed E-state index contributed by atoms with van der Waals surface area (Å²) in [6, 6.07) is 14.4. The standard InChI is InChI=1S/C18H20O2S/c1-12-7-8-14(9-13(12)2)10-15(19)17-11-21-18-6-4-3-5-16(18)20-17/h3-9,15,17,19H,10-11H2,1-2H3. The van der Waals surface area contributed by atoms with E-state index in [4.69, 9.17) is 4.74 Å². The van der Waals surface area contributed by atoms with Gasteiger partial charge in [-0.3, -0.25) is 0 Å². The molecular weight excluding hydrogens is 280 g/mol. The van der Waals surface area contributed by atoms with Gasteiger partial charge in [0.25, 0.3) is 0 Å². The monoisotopic (exact) mass is 300 g/mol. The van der Waals surface area contributed by atoms with Gasteiger partial charge < -0.3 is 9.84 Å². The van der Waals surface area contributed by atoms with Crippen molar-refractivity contribution in [2.75, 3.05) is 5.75 Å². The highest BCUT2D eigenvalue weighted by atomic mass is 32.2. The molecule has 1 heterocycles. The van der Waals surface area contributed by atoms with Crippen molar-refractivity contribution in [1.82, 2.24) is 0 Å². The molecule has 2 nitrogen and oxygen atoms in total. The fourth-order valence-electron chi connectivity index (χ4n) is 2.53. The number of ether oxygens (including phenoxy) is 1. The summed E-state index contributed by atoms with van der Waals surface area (Å²) in [6.07, 6.45) is 0.00796. The first kappa shape index (κ1) is 14.5. The molecule has 2 aromatic carbocycles. The number of aliphatic hydroxyl groups is 1. The number of hydrogen-bond acceptors (Lipinski definition) is 3. The Morgan fingerprint density at radius 1 is 1.19 bits per heavy atom. The number of para-hydroxylation sites is 1. The van der Waals surface area contributed by atoms with Crippen LogP contribution in [0.15, 0.2) is 47.4 Å². The fraction of sp³-hybridized carbons (Fsp3) is 0.333. The first-order chi connectivity index (χ1) is 10.1. The number of benzene rings is 2. The third-order valence-corrected chi connectivity index (χ3v) is 5.12. The van der Waals surface area contributed by atoms with Crippen LogP contribution in [0.3, 0.4) is 0 Å². The molecule has 2 atom stereocenters. The molecule has 0 saturated carbocycles. The molecule has 1 N–H and O–H groups in total. The number of fused-ring (bicyclic) bond motifs is 1. The molecular formula is C18H20O2S. The Kier molecular flexibility index (Phi) is 4.22. The molecule has 3 rings (SSSR count). The molecule has 0 bridgehead atoms. The Hall–Kier alpha value is -1.45. The van der Waals surface area contributed by atoms with Crippen molar-refractivity contribution in [3.8, 4) is 5.75 Å². The minimum Gasteiger partial charge on any atom is -0.486 e. The van der Waals surface area contributed by atoms with Gasteiger partial charge in [0.1, 0.15) is 11.9 Å². The van der Waals surface area contributed by atoms with E-state index in [9.17, 15) is 5.11 Å². The summed E-state index contributed by atoms with van der Waals surface area (Å²) in [5, 5.41) is 10.5. The third kappa shape index (κ3) is 3.25. The number of aryl methyl sites for hydroxylation is 2. The van der Waals surface area contributed by atoms with Crippen LogP contribution < -0.4 is 4.74 Å². The van der Waals surface area contributed by atoms with Crippen LogP contribution in [0.4, 0.5) is 0 Å². The maximum Gasteiger partial charge on any atom is 0.134 e. The van der Waals surface area contributed by atoms with Crippen LogP contribution in [0.25, 0.3) is 0 Å². The Bertz CT molecular complexity index is 639. The van der Waals surface area contributed by atoms with Crippen LogP contribution in [0, 0.1) is 13.8 Å². The highest BCUT2D eigenvalue weighted by Crippen LogP contribution is 2.36. The normalized spacial score (nSPS) is 18.7. The summed E-state index contributed by atoms with van der Waals surface area (Å²) >= 11 is 1.76. The van der Waals surface area contributed by atoms with Crippen molar-refractivity contribution in [2.45, 2.75) is 37.4 Å². The van der Waals surface area contributed by atoms with Crippen molar-refractivity contribution in [2.24, 2.45) is 0 Å². The van der Waals surface area contributed by atoms with E-state index >= 15 is 0 Å². The molecule has 21 heavy (non-hydrogen) atoms. The topological polar surface area (TPSA) is 29.5 Å². The van der Waals surface area contributed by atoms with Crippen molar-refractivity contribution in [1.29, 1.82) is 0 Å². The van der Waals surface area contributed by atoms with E-state index in [1.165, 1.54) is 11.1 Å². The lowest BCUT2D eigenvalue weighted by molar-refractivity contribution is 0.0468. The zero-order valence-corrected chi connectivity index (χ0v) is 13.2. The molecule has 0 saturated heterocycles. The lowest BCUT2D eigenvalue weighted by Crippen LogP contribution is -2.37. The van der Waals surface area contributed by atoms with Crippen LogP contribution in [0.2, 0.25) is 0 Å². The highest BCUT2D eigenvalue weighted by molar-refractivity contribution is 7.99. The van der Waals surface area contributed by atoms with Crippen LogP contribution in [-0.4, -0.2) is 23.1 Å². The smallest absolute Gasteiger partial charge is 0.134 e. The summed E-state index contributed by atoms with van der Waals surface area (Å²) < 4.78 is 5.95. The predicted molar refractivity (Wildman–Crippen MR) is 87.2 cm³/mol. The fourth-order valence-corrected chi connectivity index (χ4v) is 3.60. The van der Waals surface area contributed by atoms with Gasteiger partial charge in [-0.1, -0.05) is 30.3 Å². The van der Waals surface area contributed by atoms with E-state index in [2.05, 4.69) is 38.1 Å². The molecule has 0 fully saturated rings. The zero-order chi connectivity index (χ0) is 14.8. The van der Waals surface area contributed by atoms with Crippen molar-refractivity contribution >= 4 is 11.8 Å². The molecule has 3 heteroatoms. The molecule has 0 aliphatic carbocycles. The quantitative estimate of drug-likeness (QED) is 0.936. The van der Waals surface area contributed by atoms with Crippen LogP contribution in [-0.2, 0) is 6.42 Å². The first-order valence-corrected chi connectivity index (χ1v) is 8.25. The van der Waals surface area contributed by atoms with Gasteiger partial charge in [-0.25, -0.2) is 0 Å². The summed E-state index contributed by atoms with van der Waals surface area (Å²) in [5.41, 5.74) is 3.72. The van der Waals surface area contributed by atoms with Crippen molar-refractivity contribution in [3.63, 3.8) is 0 Å². The summed E-state index contributed by atoms with van der Waals surface area (Å²) in [6.45, 7) is 4.21. The van der Waals surface area contributed by atoms with Gasteiger partial charge in [-0.15, -0.1) is 11.8 Å². The van der Waals surface area contributed by atoms with E-state index < -0.39 is 6.10 Å². The highest BCUT2D eigenvalue weighted by Gasteiger charge is 2.26. The van der Waals surface area contributed by atoms with E-state index in [1.807, 2.05) is 18.2 Å². The molecule has 2 unspecified atom stereocenters. The van der Waals surface area contributed by atoms with E-state index in [1.54, 1.807) is 11.8 Å². The van der Waals surface area contributed by atoms with Gasteiger partial charge in [0.2, 0.25) is 0 Å². The van der Waals surface area contributed by atoms with Gasteiger partial charge in [0.05, 0.1) is 6.10 Å². The Morgan fingerprint density at radius 2 is 2.00 bits per heavy atom. The lowest BCUT2D eigenvalue weighted by Gasteiger charge is -2.29. The molecule has 1 aliphatic rings. The van der Waals surface area contributed by atoms with E-state index in [-0.39, 0.29) is 6.10 Å². The molecule has 0 radical (unpaired) electrons. The number of hydrogen-bond donors (Lipinski definition) is 1. The molecule has 0 amide bonds. The second kappa shape index (κ2) is 6.12. The summed E-state index contributed by atoms with van der Waals surface area (Å²) in [5.74, 6) is 1.68. The average Bonchev–Trinajstić information content (AvgIpc) is 2.50. The molecule has 2 aromatic rings. The lowest BCUT2D eigenvalue weighted by atomic mass is 10.00. The summed E-state index contributed by atoms with van der Waals surface area (Å²) in [4.78, 5) is 1.16. The van der Waals surface area contributed by atoms with Gasteiger partial charge in [0, 0.05) is 17.1 Å². The average molecular weight is 300 g/mol. The minimum absolute atomic E-state index is 0.147. The van der Waals surface area contributed by atoms with Crippen LogP contribution >= 0.6 is 11.8 Å². The molecule has 1 aliphatic heterocycles. The van der Waals surface area contributed by atoms with Gasteiger partial charge in [0.15, 0.2) is 0 Å². The zero-order valence-electron chi connectivity index (χ0n) is 12.4. The Labute approximate surface area is 130 Å².